The molecule has 1 unspecified atom stereocenters. The Morgan fingerprint density at radius 2 is 2.22 bits per heavy atom. The highest BCUT2D eigenvalue weighted by molar-refractivity contribution is 7.13. The van der Waals surface area contributed by atoms with Crippen molar-refractivity contribution in [2.24, 2.45) is 5.92 Å². The molecular weight excluding hydrogens is 364 g/mol. The standard InChI is InChI=1S/C19H24N4O3S/c1-3-26-18(25)14-7-5-9-23(11-14)17(24)10-15-12-27-19(21-15)22-16-8-4-6-13(2)20-16/h4,6,8,12,14H,3,5,7,9-11H2,1-2H3,(H,20,21,22). The number of likely N-dealkylation sites (tertiary alicyclic amines) is 1. The van der Waals surface area contributed by atoms with E-state index in [-0.39, 0.29) is 24.2 Å². The van der Waals surface area contributed by atoms with Gasteiger partial charge in [0.05, 0.1) is 24.6 Å². The van der Waals surface area contributed by atoms with Crippen LogP contribution in [0.5, 0.6) is 0 Å². The second-order valence-electron chi connectivity index (χ2n) is 6.54. The van der Waals surface area contributed by atoms with Crippen LogP contribution in [0.1, 0.15) is 31.2 Å². The number of rotatable bonds is 6. The van der Waals surface area contributed by atoms with Gasteiger partial charge in [-0.25, -0.2) is 9.97 Å². The number of aromatic nitrogens is 2. The van der Waals surface area contributed by atoms with Gasteiger partial charge in [-0.1, -0.05) is 6.07 Å². The molecule has 3 rings (SSSR count). The molecule has 2 aromatic heterocycles. The van der Waals surface area contributed by atoms with Crippen LogP contribution in [0.3, 0.4) is 0 Å². The number of piperidine rings is 1. The number of esters is 1. The fraction of sp³-hybridized carbons (Fsp3) is 0.474. The summed E-state index contributed by atoms with van der Waals surface area (Å²) in [4.78, 5) is 35.2. The van der Waals surface area contributed by atoms with Crippen molar-refractivity contribution in [1.82, 2.24) is 14.9 Å². The number of amides is 1. The van der Waals surface area contributed by atoms with E-state index in [0.29, 0.717) is 24.8 Å². The Kier molecular flexibility index (Phi) is 6.39. The summed E-state index contributed by atoms with van der Waals surface area (Å²) in [6, 6.07) is 5.74. The SMILES string of the molecule is CCOC(=O)C1CCCN(C(=O)Cc2csc(Nc3cccc(C)n3)n2)C1. The number of thiazole rings is 1. The highest BCUT2D eigenvalue weighted by Crippen LogP contribution is 2.22. The number of hydrogen-bond acceptors (Lipinski definition) is 7. The average molecular weight is 388 g/mol. The Hall–Kier alpha value is -2.48. The van der Waals surface area contributed by atoms with Crippen molar-refractivity contribution < 1.29 is 14.3 Å². The van der Waals surface area contributed by atoms with E-state index in [1.54, 1.807) is 11.8 Å². The number of hydrogen-bond donors (Lipinski definition) is 1. The van der Waals surface area contributed by atoms with Crippen molar-refractivity contribution in [3.05, 3.63) is 35.0 Å². The van der Waals surface area contributed by atoms with Crippen molar-refractivity contribution in [1.29, 1.82) is 0 Å². The lowest BCUT2D eigenvalue weighted by molar-refractivity contribution is -0.151. The van der Waals surface area contributed by atoms with Crippen molar-refractivity contribution in [2.75, 3.05) is 25.0 Å². The normalized spacial score (nSPS) is 16.8. The maximum absolute atomic E-state index is 12.6. The van der Waals surface area contributed by atoms with Gasteiger partial charge in [-0.05, 0) is 38.8 Å². The predicted octanol–water partition coefficient (Wildman–Crippen LogP) is 2.93. The van der Waals surface area contributed by atoms with Gasteiger partial charge in [0.25, 0.3) is 0 Å². The van der Waals surface area contributed by atoms with Crippen molar-refractivity contribution in [3.63, 3.8) is 0 Å². The lowest BCUT2D eigenvalue weighted by Gasteiger charge is -2.31. The maximum atomic E-state index is 12.6. The molecule has 0 aliphatic carbocycles. The van der Waals surface area contributed by atoms with Crippen molar-refractivity contribution in [2.45, 2.75) is 33.1 Å². The Balaban J connectivity index is 1.56. The van der Waals surface area contributed by atoms with E-state index in [0.717, 1.165) is 30.0 Å². The first kappa shape index (κ1) is 19.3. The number of carbonyl (C=O) groups is 2. The molecular formula is C19H24N4O3S. The molecule has 8 heteroatoms. The Morgan fingerprint density at radius 1 is 1.37 bits per heavy atom. The molecule has 0 radical (unpaired) electrons. The summed E-state index contributed by atoms with van der Waals surface area (Å²) in [5.74, 6) is 0.300. The van der Waals surface area contributed by atoms with Crippen LogP contribution in [0, 0.1) is 12.8 Å². The fourth-order valence-electron chi connectivity index (χ4n) is 3.09. The third-order valence-electron chi connectivity index (χ3n) is 4.40. The predicted molar refractivity (Wildman–Crippen MR) is 104 cm³/mol. The highest BCUT2D eigenvalue weighted by atomic mass is 32.1. The van der Waals surface area contributed by atoms with E-state index >= 15 is 0 Å². The van der Waals surface area contributed by atoms with E-state index in [4.69, 9.17) is 4.74 Å². The minimum absolute atomic E-state index is 0.00507. The van der Waals surface area contributed by atoms with Crippen molar-refractivity contribution in [3.8, 4) is 0 Å². The van der Waals surface area contributed by atoms with Gasteiger partial charge in [0.1, 0.15) is 5.82 Å². The third kappa shape index (κ3) is 5.26. The number of aryl methyl sites for hydroxylation is 1. The molecule has 1 atom stereocenters. The topological polar surface area (TPSA) is 84.4 Å². The summed E-state index contributed by atoms with van der Waals surface area (Å²) < 4.78 is 5.09. The first-order valence-electron chi connectivity index (χ1n) is 9.14. The molecule has 1 saturated heterocycles. The minimum Gasteiger partial charge on any atom is -0.466 e. The summed E-state index contributed by atoms with van der Waals surface area (Å²) >= 11 is 1.44. The molecule has 2 aromatic rings. The smallest absolute Gasteiger partial charge is 0.310 e. The van der Waals surface area contributed by atoms with E-state index < -0.39 is 0 Å². The van der Waals surface area contributed by atoms with Gasteiger partial charge in [0.15, 0.2) is 5.13 Å². The van der Waals surface area contributed by atoms with Crippen LogP contribution in [0.2, 0.25) is 0 Å². The van der Waals surface area contributed by atoms with Gasteiger partial charge < -0.3 is 15.0 Å². The summed E-state index contributed by atoms with van der Waals surface area (Å²) in [5.41, 5.74) is 1.65. The molecule has 0 spiro atoms. The number of nitrogens with one attached hydrogen (secondary N) is 1. The van der Waals surface area contributed by atoms with Gasteiger partial charge in [-0.2, -0.15) is 0 Å². The molecule has 1 aliphatic rings. The molecule has 144 valence electrons. The molecule has 3 heterocycles. The van der Waals surface area contributed by atoms with Crippen LogP contribution in [0.4, 0.5) is 10.9 Å². The van der Waals surface area contributed by atoms with Gasteiger partial charge >= 0.3 is 5.97 Å². The van der Waals surface area contributed by atoms with Crippen LogP contribution >= 0.6 is 11.3 Å². The number of carbonyl (C=O) groups excluding carboxylic acids is 2. The quantitative estimate of drug-likeness (QED) is 0.766. The van der Waals surface area contributed by atoms with E-state index in [2.05, 4.69) is 15.3 Å². The number of pyridine rings is 1. The van der Waals surface area contributed by atoms with Crippen LogP contribution in [-0.4, -0.2) is 46.4 Å². The van der Waals surface area contributed by atoms with Crippen LogP contribution < -0.4 is 5.32 Å². The van der Waals surface area contributed by atoms with Gasteiger partial charge in [0.2, 0.25) is 5.91 Å². The third-order valence-corrected chi connectivity index (χ3v) is 5.21. The van der Waals surface area contributed by atoms with Crippen molar-refractivity contribution >= 4 is 34.2 Å². The number of ether oxygens (including phenoxy) is 1. The Morgan fingerprint density at radius 3 is 3.00 bits per heavy atom. The molecule has 7 nitrogen and oxygen atoms in total. The van der Waals surface area contributed by atoms with Gasteiger partial charge in [-0.15, -0.1) is 11.3 Å². The zero-order valence-corrected chi connectivity index (χ0v) is 16.4. The average Bonchev–Trinajstić information content (AvgIpc) is 3.09. The van der Waals surface area contributed by atoms with E-state index in [9.17, 15) is 9.59 Å². The lowest BCUT2D eigenvalue weighted by atomic mass is 9.98. The summed E-state index contributed by atoms with van der Waals surface area (Å²) in [6.45, 7) is 5.20. The summed E-state index contributed by atoms with van der Waals surface area (Å²) in [5, 5.41) is 5.75. The summed E-state index contributed by atoms with van der Waals surface area (Å²) in [6.07, 6.45) is 1.82. The zero-order chi connectivity index (χ0) is 19.2. The summed E-state index contributed by atoms with van der Waals surface area (Å²) in [7, 11) is 0. The van der Waals surface area contributed by atoms with E-state index in [1.807, 2.05) is 30.5 Å². The molecule has 1 amide bonds. The van der Waals surface area contributed by atoms with Crippen LogP contribution in [-0.2, 0) is 20.7 Å². The number of anilines is 2. The molecule has 0 aromatic carbocycles. The number of nitrogens with zero attached hydrogens (tertiary/aromatic N) is 3. The largest absolute Gasteiger partial charge is 0.466 e. The molecule has 0 saturated carbocycles. The van der Waals surface area contributed by atoms with Gasteiger partial charge in [-0.3, -0.25) is 9.59 Å². The lowest BCUT2D eigenvalue weighted by Crippen LogP contribution is -2.43. The first-order chi connectivity index (χ1) is 13.0. The fourth-order valence-corrected chi connectivity index (χ4v) is 3.81. The van der Waals surface area contributed by atoms with Gasteiger partial charge in [0, 0.05) is 24.2 Å². The second kappa shape index (κ2) is 8.94. The Labute approximate surface area is 162 Å². The minimum atomic E-state index is -0.220. The van der Waals surface area contributed by atoms with E-state index in [1.165, 1.54) is 11.3 Å². The van der Waals surface area contributed by atoms with Crippen LogP contribution in [0.15, 0.2) is 23.6 Å². The highest BCUT2D eigenvalue weighted by Gasteiger charge is 2.29. The molecule has 1 fully saturated rings. The zero-order valence-electron chi connectivity index (χ0n) is 15.6. The molecule has 0 bridgehead atoms. The van der Waals surface area contributed by atoms with Crippen LogP contribution in [0.25, 0.3) is 0 Å². The Bertz CT molecular complexity index is 808. The maximum Gasteiger partial charge on any atom is 0.310 e. The monoisotopic (exact) mass is 388 g/mol. The second-order valence-corrected chi connectivity index (χ2v) is 7.40. The molecule has 1 N–H and O–H groups in total. The molecule has 27 heavy (non-hydrogen) atoms. The first-order valence-corrected chi connectivity index (χ1v) is 10.0. The molecule has 1 aliphatic heterocycles.